The molecule has 0 aromatic heterocycles. The smallest absolute Gasteiger partial charge is 0.253 e. The minimum atomic E-state index is -0.255. The Morgan fingerprint density at radius 2 is 1.61 bits per heavy atom. The minimum absolute atomic E-state index is 0.0132. The molecular formula is C23H32N6O2. The van der Waals surface area contributed by atoms with Crippen molar-refractivity contribution < 1.29 is 9.59 Å². The van der Waals surface area contributed by atoms with E-state index in [1.807, 2.05) is 49.3 Å². The van der Waals surface area contributed by atoms with Crippen LogP contribution in [0.2, 0.25) is 0 Å². The molecule has 0 aliphatic heterocycles. The Hall–Kier alpha value is -3.26. The van der Waals surface area contributed by atoms with Crippen molar-refractivity contribution in [1.82, 2.24) is 10.6 Å². The summed E-state index contributed by atoms with van der Waals surface area (Å²) in [6.45, 7) is 1.37. The standard InChI is InChI=1S/C23H32N6O2/c1-29(2)19-13-11-18(12-14-19)27-28-21-9-6-5-8-20(21)23(31)26-17-16-25-22(30)10-4-3-7-15-24/h5-6,8-9,11-14H,3-4,7,10,15-17,24H2,1-2H3,(H,25,30)(H,26,31)/b28-27+. The molecule has 166 valence electrons. The molecule has 0 unspecified atom stereocenters. The summed E-state index contributed by atoms with van der Waals surface area (Å²) in [5.74, 6) is -0.268. The van der Waals surface area contributed by atoms with Crippen LogP contribution in [0, 0.1) is 0 Å². The van der Waals surface area contributed by atoms with Gasteiger partial charge < -0.3 is 21.3 Å². The number of amides is 2. The molecule has 2 aromatic carbocycles. The van der Waals surface area contributed by atoms with Crippen molar-refractivity contribution in [3.8, 4) is 0 Å². The highest BCUT2D eigenvalue weighted by molar-refractivity contribution is 5.98. The quantitative estimate of drug-likeness (QED) is 0.357. The number of hydrogen-bond donors (Lipinski definition) is 3. The third-order valence-corrected chi connectivity index (χ3v) is 4.63. The van der Waals surface area contributed by atoms with Crippen molar-refractivity contribution >= 4 is 28.9 Å². The van der Waals surface area contributed by atoms with Gasteiger partial charge in [-0.3, -0.25) is 9.59 Å². The first kappa shape index (κ1) is 24.0. The van der Waals surface area contributed by atoms with Crippen LogP contribution in [0.15, 0.2) is 58.8 Å². The fourth-order valence-electron chi connectivity index (χ4n) is 2.85. The maximum Gasteiger partial charge on any atom is 0.253 e. The second-order valence-corrected chi connectivity index (χ2v) is 7.33. The largest absolute Gasteiger partial charge is 0.378 e. The lowest BCUT2D eigenvalue weighted by Gasteiger charge is -2.11. The first-order valence-corrected chi connectivity index (χ1v) is 10.5. The molecule has 0 spiro atoms. The molecule has 2 aromatic rings. The molecule has 4 N–H and O–H groups in total. The molecular weight excluding hydrogens is 392 g/mol. The van der Waals surface area contributed by atoms with Crippen LogP contribution in [0.4, 0.5) is 17.1 Å². The number of nitrogens with one attached hydrogen (secondary N) is 2. The van der Waals surface area contributed by atoms with Crippen LogP contribution in [0.1, 0.15) is 36.0 Å². The number of hydrogen-bond acceptors (Lipinski definition) is 6. The van der Waals surface area contributed by atoms with E-state index in [-0.39, 0.29) is 11.8 Å². The summed E-state index contributed by atoms with van der Waals surface area (Å²) in [7, 11) is 3.94. The molecule has 0 fully saturated rings. The van der Waals surface area contributed by atoms with E-state index in [0.29, 0.717) is 43.0 Å². The fraction of sp³-hybridized carbons (Fsp3) is 0.391. The number of benzene rings is 2. The lowest BCUT2D eigenvalue weighted by Crippen LogP contribution is -2.34. The summed E-state index contributed by atoms with van der Waals surface area (Å²) < 4.78 is 0. The van der Waals surface area contributed by atoms with E-state index in [9.17, 15) is 9.59 Å². The normalized spacial score (nSPS) is 10.8. The zero-order valence-electron chi connectivity index (χ0n) is 18.3. The SMILES string of the molecule is CN(C)c1ccc(/N=N/c2ccccc2C(=O)NCCNC(=O)CCCCCN)cc1. The molecule has 0 radical (unpaired) electrons. The molecule has 0 saturated heterocycles. The second-order valence-electron chi connectivity index (χ2n) is 7.33. The number of carbonyl (C=O) groups excluding carboxylic acids is 2. The van der Waals surface area contributed by atoms with Crippen LogP contribution in [0.25, 0.3) is 0 Å². The molecule has 8 nitrogen and oxygen atoms in total. The first-order chi connectivity index (χ1) is 15.0. The van der Waals surface area contributed by atoms with Crippen LogP contribution in [0.5, 0.6) is 0 Å². The molecule has 8 heteroatoms. The highest BCUT2D eigenvalue weighted by Gasteiger charge is 2.10. The maximum absolute atomic E-state index is 12.5. The monoisotopic (exact) mass is 424 g/mol. The van der Waals surface area contributed by atoms with Crippen molar-refractivity contribution in [2.24, 2.45) is 16.0 Å². The van der Waals surface area contributed by atoms with Gasteiger partial charge in [-0.25, -0.2) is 0 Å². The van der Waals surface area contributed by atoms with E-state index in [1.165, 1.54) is 0 Å². The maximum atomic E-state index is 12.5. The summed E-state index contributed by atoms with van der Waals surface area (Å²) >= 11 is 0. The Bertz CT molecular complexity index is 865. The van der Waals surface area contributed by atoms with E-state index in [1.54, 1.807) is 18.2 Å². The number of anilines is 1. The molecule has 31 heavy (non-hydrogen) atoms. The number of unbranched alkanes of at least 4 members (excludes halogenated alkanes) is 2. The molecule has 0 atom stereocenters. The first-order valence-electron chi connectivity index (χ1n) is 10.5. The Kier molecular flexibility index (Phi) is 10.2. The second kappa shape index (κ2) is 13.1. The van der Waals surface area contributed by atoms with Gasteiger partial charge in [0.2, 0.25) is 5.91 Å². The van der Waals surface area contributed by atoms with Crippen molar-refractivity contribution in [2.75, 3.05) is 38.6 Å². The predicted octanol–water partition coefficient (Wildman–Crippen LogP) is 3.53. The van der Waals surface area contributed by atoms with E-state index < -0.39 is 0 Å². The zero-order chi connectivity index (χ0) is 22.5. The van der Waals surface area contributed by atoms with E-state index >= 15 is 0 Å². The van der Waals surface area contributed by atoms with Gasteiger partial charge in [0.25, 0.3) is 5.91 Å². The van der Waals surface area contributed by atoms with Gasteiger partial charge in [-0.1, -0.05) is 18.6 Å². The molecule has 0 saturated carbocycles. The van der Waals surface area contributed by atoms with Gasteiger partial charge >= 0.3 is 0 Å². The highest BCUT2D eigenvalue weighted by Crippen LogP contribution is 2.23. The lowest BCUT2D eigenvalue weighted by atomic mass is 10.1. The number of carbonyl (C=O) groups is 2. The molecule has 0 aliphatic rings. The third-order valence-electron chi connectivity index (χ3n) is 4.63. The number of rotatable bonds is 12. The summed E-state index contributed by atoms with van der Waals surface area (Å²) in [6.07, 6.45) is 3.19. The Balaban J connectivity index is 1.85. The Morgan fingerprint density at radius 3 is 2.32 bits per heavy atom. The van der Waals surface area contributed by atoms with Crippen LogP contribution >= 0.6 is 0 Å². The van der Waals surface area contributed by atoms with Crippen molar-refractivity contribution in [3.05, 3.63) is 54.1 Å². The Morgan fingerprint density at radius 1 is 0.903 bits per heavy atom. The van der Waals surface area contributed by atoms with Crippen molar-refractivity contribution in [1.29, 1.82) is 0 Å². The van der Waals surface area contributed by atoms with Crippen LogP contribution in [0.3, 0.4) is 0 Å². The van der Waals surface area contributed by atoms with Crippen LogP contribution < -0.4 is 21.3 Å². The van der Waals surface area contributed by atoms with Gasteiger partial charge in [0.05, 0.1) is 16.9 Å². The number of azo groups is 1. The van der Waals surface area contributed by atoms with Gasteiger partial charge in [0.1, 0.15) is 0 Å². The Labute approximate surface area is 183 Å². The van der Waals surface area contributed by atoms with E-state index in [0.717, 1.165) is 24.9 Å². The van der Waals surface area contributed by atoms with Gasteiger partial charge in [0, 0.05) is 39.3 Å². The van der Waals surface area contributed by atoms with Gasteiger partial charge in [-0.15, -0.1) is 5.11 Å². The molecule has 2 amide bonds. The van der Waals surface area contributed by atoms with E-state index in [2.05, 4.69) is 20.9 Å². The van der Waals surface area contributed by atoms with Gasteiger partial charge in [0.15, 0.2) is 0 Å². The third kappa shape index (κ3) is 8.55. The van der Waals surface area contributed by atoms with E-state index in [4.69, 9.17) is 5.73 Å². The van der Waals surface area contributed by atoms with Crippen LogP contribution in [-0.2, 0) is 4.79 Å². The lowest BCUT2D eigenvalue weighted by molar-refractivity contribution is -0.121. The van der Waals surface area contributed by atoms with Gasteiger partial charge in [-0.05, 0) is 55.8 Å². The van der Waals surface area contributed by atoms with Crippen molar-refractivity contribution in [2.45, 2.75) is 25.7 Å². The summed E-state index contributed by atoms with van der Waals surface area (Å²) in [4.78, 5) is 26.3. The topological polar surface area (TPSA) is 112 Å². The molecule has 0 heterocycles. The summed E-state index contributed by atoms with van der Waals surface area (Å²) in [5, 5.41) is 14.1. The average Bonchev–Trinajstić information content (AvgIpc) is 2.78. The number of nitrogens with zero attached hydrogens (tertiary/aromatic N) is 3. The molecule has 0 bridgehead atoms. The minimum Gasteiger partial charge on any atom is -0.378 e. The number of nitrogens with two attached hydrogens (primary N) is 1. The molecule has 2 rings (SSSR count). The van der Waals surface area contributed by atoms with Gasteiger partial charge in [-0.2, -0.15) is 5.11 Å². The van der Waals surface area contributed by atoms with Crippen LogP contribution in [-0.4, -0.2) is 45.5 Å². The fourth-order valence-corrected chi connectivity index (χ4v) is 2.85. The zero-order valence-corrected chi connectivity index (χ0v) is 18.3. The average molecular weight is 425 g/mol. The van der Waals surface area contributed by atoms with Crippen molar-refractivity contribution in [3.63, 3.8) is 0 Å². The highest BCUT2D eigenvalue weighted by atomic mass is 16.2. The summed E-state index contributed by atoms with van der Waals surface area (Å²) in [5.41, 5.74) is 8.13. The predicted molar refractivity (Wildman–Crippen MR) is 124 cm³/mol. The summed E-state index contributed by atoms with van der Waals surface area (Å²) in [6, 6.07) is 14.7. The molecule has 0 aliphatic carbocycles.